The molecule has 1 heterocycles. The first-order valence-corrected chi connectivity index (χ1v) is 6.73. The van der Waals surface area contributed by atoms with Crippen LogP contribution in [0.15, 0.2) is 24.3 Å². The number of carbonyl (C=O) groups is 2. The average molecular weight is 275 g/mol. The number of hydrogen-bond donors (Lipinski definition) is 1. The van der Waals surface area contributed by atoms with E-state index in [2.05, 4.69) is 0 Å². The van der Waals surface area contributed by atoms with E-state index in [1.807, 2.05) is 38.1 Å². The highest BCUT2D eigenvalue weighted by atomic mass is 16.2. The first-order chi connectivity index (χ1) is 9.28. The van der Waals surface area contributed by atoms with Crippen molar-refractivity contribution in [2.75, 3.05) is 25.0 Å². The van der Waals surface area contributed by atoms with E-state index >= 15 is 0 Å². The highest BCUT2D eigenvalue weighted by Gasteiger charge is 2.31. The second-order valence-electron chi connectivity index (χ2n) is 6.02. The largest absolute Gasteiger partial charge is 0.336 e. The molecule has 0 aliphatic carbocycles. The van der Waals surface area contributed by atoms with Gasteiger partial charge in [-0.05, 0) is 38.0 Å². The fourth-order valence-electron chi connectivity index (χ4n) is 2.30. The lowest BCUT2D eigenvalue weighted by molar-refractivity contribution is -0.145. The maximum absolute atomic E-state index is 12.0. The first-order valence-electron chi connectivity index (χ1n) is 6.73. The van der Waals surface area contributed by atoms with Gasteiger partial charge >= 0.3 is 11.8 Å². The Hall–Kier alpha value is -1.88. The molecule has 20 heavy (non-hydrogen) atoms. The van der Waals surface area contributed by atoms with Gasteiger partial charge in [0, 0.05) is 31.4 Å². The van der Waals surface area contributed by atoms with Crippen LogP contribution in [0.4, 0.5) is 5.69 Å². The highest BCUT2D eigenvalue weighted by molar-refractivity contribution is 6.40. The van der Waals surface area contributed by atoms with E-state index in [4.69, 9.17) is 5.73 Å². The van der Waals surface area contributed by atoms with E-state index in [1.54, 1.807) is 7.05 Å². The Bertz CT molecular complexity index is 517. The van der Waals surface area contributed by atoms with Gasteiger partial charge in [-0.3, -0.25) is 9.59 Å². The molecule has 5 nitrogen and oxygen atoms in total. The average Bonchev–Trinajstić information content (AvgIpc) is 2.36. The lowest BCUT2D eigenvalue weighted by Gasteiger charge is -2.31. The summed E-state index contributed by atoms with van der Waals surface area (Å²) in [4.78, 5) is 26.6. The van der Waals surface area contributed by atoms with Gasteiger partial charge in [0.25, 0.3) is 0 Å². The van der Waals surface area contributed by atoms with Crippen LogP contribution in [0.3, 0.4) is 0 Å². The molecule has 0 spiro atoms. The van der Waals surface area contributed by atoms with Crippen molar-refractivity contribution < 1.29 is 9.59 Å². The van der Waals surface area contributed by atoms with Crippen LogP contribution in [0.25, 0.3) is 0 Å². The molecule has 0 atom stereocenters. The van der Waals surface area contributed by atoms with Crippen LogP contribution < -0.4 is 10.6 Å². The predicted molar refractivity (Wildman–Crippen MR) is 78.4 cm³/mol. The number of anilines is 1. The Balaban J connectivity index is 2.14. The molecule has 1 aliphatic heterocycles. The van der Waals surface area contributed by atoms with Crippen molar-refractivity contribution in [3.8, 4) is 0 Å². The summed E-state index contributed by atoms with van der Waals surface area (Å²) < 4.78 is 0. The van der Waals surface area contributed by atoms with E-state index in [9.17, 15) is 9.59 Å². The van der Waals surface area contributed by atoms with Gasteiger partial charge in [0.15, 0.2) is 0 Å². The Kier molecular flexibility index (Phi) is 3.81. The van der Waals surface area contributed by atoms with Gasteiger partial charge in [-0.2, -0.15) is 0 Å². The van der Waals surface area contributed by atoms with Crippen LogP contribution in [-0.4, -0.2) is 42.4 Å². The van der Waals surface area contributed by atoms with Crippen molar-refractivity contribution >= 4 is 17.5 Å². The summed E-state index contributed by atoms with van der Waals surface area (Å²) in [6.45, 7) is 5.04. The lowest BCUT2D eigenvalue weighted by atomic mass is 9.96. The summed E-state index contributed by atoms with van der Waals surface area (Å²) in [5.41, 5.74) is 7.61. The minimum Gasteiger partial charge on any atom is -0.336 e. The van der Waals surface area contributed by atoms with Crippen LogP contribution in [0.1, 0.15) is 19.4 Å². The summed E-state index contributed by atoms with van der Waals surface area (Å²) >= 11 is 0. The van der Waals surface area contributed by atoms with Crippen LogP contribution >= 0.6 is 0 Å². The molecule has 1 fully saturated rings. The smallest absolute Gasteiger partial charge is 0.316 e. The molecule has 0 unspecified atom stereocenters. The van der Waals surface area contributed by atoms with Gasteiger partial charge < -0.3 is 15.5 Å². The van der Waals surface area contributed by atoms with Crippen molar-refractivity contribution in [2.24, 2.45) is 5.73 Å². The molecule has 0 bridgehead atoms. The van der Waals surface area contributed by atoms with Crippen molar-refractivity contribution in [2.45, 2.75) is 25.8 Å². The standard InChI is InChI=1S/C15H21N3O2/c1-15(2,16)10-11-4-6-12(7-5-11)18-9-8-17(3)13(19)14(18)20/h4-7H,8-10,16H2,1-3H3. The Morgan fingerprint density at radius 3 is 2.25 bits per heavy atom. The zero-order chi connectivity index (χ0) is 14.9. The monoisotopic (exact) mass is 275 g/mol. The molecule has 2 rings (SSSR count). The second-order valence-corrected chi connectivity index (χ2v) is 6.02. The number of carbonyl (C=O) groups excluding carboxylic acids is 2. The Morgan fingerprint density at radius 1 is 1.10 bits per heavy atom. The molecular weight excluding hydrogens is 254 g/mol. The zero-order valence-corrected chi connectivity index (χ0v) is 12.2. The second kappa shape index (κ2) is 5.25. The summed E-state index contributed by atoms with van der Waals surface area (Å²) in [6.07, 6.45) is 0.767. The number of rotatable bonds is 3. The van der Waals surface area contributed by atoms with Gasteiger partial charge in [-0.1, -0.05) is 12.1 Å². The predicted octanol–water partition coefficient (Wildman–Crippen LogP) is 0.771. The maximum atomic E-state index is 12.0. The normalized spacial score (nSPS) is 16.8. The number of nitrogens with zero attached hydrogens (tertiary/aromatic N) is 2. The zero-order valence-electron chi connectivity index (χ0n) is 12.2. The molecule has 1 aromatic carbocycles. The molecular formula is C15H21N3O2. The van der Waals surface area contributed by atoms with Crippen molar-refractivity contribution in [1.29, 1.82) is 0 Å². The SMILES string of the molecule is CN1CCN(c2ccc(CC(C)(C)N)cc2)C(=O)C1=O. The topological polar surface area (TPSA) is 66.6 Å². The van der Waals surface area contributed by atoms with Crippen LogP contribution in [0.5, 0.6) is 0 Å². The van der Waals surface area contributed by atoms with Crippen molar-refractivity contribution in [3.63, 3.8) is 0 Å². The summed E-state index contributed by atoms with van der Waals surface area (Å²) in [7, 11) is 1.64. The number of piperazine rings is 1. The number of amides is 2. The summed E-state index contributed by atoms with van der Waals surface area (Å²) in [5, 5.41) is 0. The molecule has 0 radical (unpaired) electrons. The number of benzene rings is 1. The molecule has 1 saturated heterocycles. The van der Waals surface area contributed by atoms with E-state index < -0.39 is 11.8 Å². The first kappa shape index (κ1) is 14.5. The maximum Gasteiger partial charge on any atom is 0.316 e. The van der Waals surface area contributed by atoms with Crippen LogP contribution in [0.2, 0.25) is 0 Å². The number of nitrogens with two attached hydrogens (primary N) is 1. The fourth-order valence-corrected chi connectivity index (χ4v) is 2.30. The van der Waals surface area contributed by atoms with Gasteiger partial charge in [0.1, 0.15) is 0 Å². The van der Waals surface area contributed by atoms with E-state index in [1.165, 1.54) is 9.80 Å². The minimum atomic E-state index is -0.467. The van der Waals surface area contributed by atoms with E-state index in [-0.39, 0.29) is 5.54 Å². The van der Waals surface area contributed by atoms with Crippen LogP contribution in [0, 0.1) is 0 Å². The molecule has 2 amide bonds. The lowest BCUT2D eigenvalue weighted by Crippen LogP contribution is -2.53. The van der Waals surface area contributed by atoms with Gasteiger partial charge in [0.2, 0.25) is 0 Å². The minimum absolute atomic E-state index is 0.263. The van der Waals surface area contributed by atoms with Gasteiger partial charge in [-0.15, -0.1) is 0 Å². The molecule has 5 heteroatoms. The van der Waals surface area contributed by atoms with Gasteiger partial charge in [0.05, 0.1) is 0 Å². The Morgan fingerprint density at radius 2 is 1.70 bits per heavy atom. The third kappa shape index (κ3) is 3.17. The van der Waals surface area contributed by atoms with E-state index in [0.717, 1.165) is 17.7 Å². The van der Waals surface area contributed by atoms with Crippen molar-refractivity contribution in [1.82, 2.24) is 4.90 Å². The molecule has 0 aromatic heterocycles. The number of hydrogen-bond acceptors (Lipinski definition) is 3. The molecule has 0 saturated carbocycles. The molecule has 108 valence electrons. The van der Waals surface area contributed by atoms with E-state index in [0.29, 0.717) is 13.1 Å². The summed E-state index contributed by atoms with van der Waals surface area (Å²) in [5.74, 6) is -0.922. The van der Waals surface area contributed by atoms with Gasteiger partial charge in [-0.25, -0.2) is 0 Å². The van der Waals surface area contributed by atoms with Crippen LogP contribution in [-0.2, 0) is 16.0 Å². The summed E-state index contributed by atoms with van der Waals surface area (Å²) in [6, 6.07) is 7.66. The third-order valence-corrected chi connectivity index (χ3v) is 3.34. The molecule has 2 N–H and O–H groups in total. The fraction of sp³-hybridized carbons (Fsp3) is 0.467. The quantitative estimate of drug-likeness (QED) is 0.829. The highest BCUT2D eigenvalue weighted by Crippen LogP contribution is 2.20. The third-order valence-electron chi connectivity index (χ3n) is 3.34. The van der Waals surface area contributed by atoms with Crippen molar-refractivity contribution in [3.05, 3.63) is 29.8 Å². The Labute approximate surface area is 119 Å². The number of likely N-dealkylation sites (N-methyl/N-ethyl adjacent to an activating group) is 1. The molecule has 1 aromatic rings. The molecule has 1 aliphatic rings.